The van der Waals surface area contributed by atoms with E-state index >= 15 is 0 Å². The Morgan fingerprint density at radius 3 is 2.58 bits per heavy atom. The number of hydrogen-bond donors (Lipinski definition) is 1. The van der Waals surface area contributed by atoms with E-state index < -0.39 is 0 Å². The van der Waals surface area contributed by atoms with E-state index in [9.17, 15) is 0 Å². The summed E-state index contributed by atoms with van der Waals surface area (Å²) in [5, 5.41) is 3.61. The smallest absolute Gasteiger partial charge is 0.0330 e. The molecule has 3 rings (SSSR count). The van der Waals surface area contributed by atoms with Gasteiger partial charge in [0.2, 0.25) is 0 Å². The maximum absolute atomic E-state index is 3.61. The second-order valence-electron chi connectivity index (χ2n) is 6.02. The summed E-state index contributed by atoms with van der Waals surface area (Å²) in [5.74, 6) is 0. The van der Waals surface area contributed by atoms with Gasteiger partial charge in [-0.15, -0.1) is 11.3 Å². The van der Waals surface area contributed by atoms with Crippen molar-refractivity contribution in [3.8, 4) is 0 Å². The van der Waals surface area contributed by atoms with Gasteiger partial charge in [0.25, 0.3) is 0 Å². The van der Waals surface area contributed by atoms with Gasteiger partial charge >= 0.3 is 0 Å². The third kappa shape index (κ3) is 3.80. The van der Waals surface area contributed by atoms with Crippen LogP contribution in [0, 0.1) is 0 Å². The van der Waals surface area contributed by atoms with Gasteiger partial charge in [-0.05, 0) is 44.4 Å². The van der Waals surface area contributed by atoms with Gasteiger partial charge in [0, 0.05) is 34.9 Å². The second-order valence-corrected chi connectivity index (χ2v) is 7.28. The molecule has 0 spiro atoms. The van der Waals surface area contributed by atoms with E-state index in [0.717, 1.165) is 25.2 Å². The van der Waals surface area contributed by atoms with E-state index in [2.05, 4.69) is 29.3 Å². The van der Waals surface area contributed by atoms with Crippen LogP contribution in [0.25, 0.3) is 0 Å². The molecular weight excluding hydrogens is 252 g/mol. The third-order valence-corrected chi connectivity index (χ3v) is 5.54. The highest BCUT2D eigenvalue weighted by molar-refractivity contribution is 7.11. The van der Waals surface area contributed by atoms with E-state index in [-0.39, 0.29) is 0 Å². The van der Waals surface area contributed by atoms with Crippen molar-refractivity contribution >= 4 is 11.3 Å². The first-order valence-corrected chi connectivity index (χ1v) is 8.72. The Kier molecular flexibility index (Phi) is 4.57. The average Bonchev–Trinajstić information content (AvgIpc) is 2.93. The lowest BCUT2D eigenvalue weighted by molar-refractivity contribution is 0.202. The molecule has 0 aliphatic heterocycles. The minimum absolute atomic E-state index is 0.816. The van der Waals surface area contributed by atoms with Gasteiger partial charge in [0.05, 0.1) is 0 Å². The van der Waals surface area contributed by atoms with Crippen molar-refractivity contribution in [1.29, 1.82) is 0 Å². The van der Waals surface area contributed by atoms with Crippen molar-refractivity contribution in [2.45, 2.75) is 70.6 Å². The van der Waals surface area contributed by atoms with Gasteiger partial charge in [-0.2, -0.15) is 0 Å². The van der Waals surface area contributed by atoms with Gasteiger partial charge in [-0.3, -0.25) is 4.90 Å². The molecule has 2 fully saturated rings. The molecule has 1 aromatic rings. The van der Waals surface area contributed by atoms with Crippen LogP contribution >= 0.6 is 11.3 Å². The number of rotatable bonds is 7. The van der Waals surface area contributed by atoms with Crippen LogP contribution in [0.5, 0.6) is 0 Å². The van der Waals surface area contributed by atoms with Crippen molar-refractivity contribution < 1.29 is 0 Å². The molecule has 2 aliphatic carbocycles. The second kappa shape index (κ2) is 6.38. The number of nitrogens with zero attached hydrogens (tertiary/aromatic N) is 1. The Morgan fingerprint density at radius 1 is 1.16 bits per heavy atom. The molecule has 0 aromatic carbocycles. The lowest BCUT2D eigenvalue weighted by Crippen LogP contribution is -2.32. The van der Waals surface area contributed by atoms with E-state index in [1.54, 1.807) is 4.88 Å². The van der Waals surface area contributed by atoms with Crippen LogP contribution in [0.1, 0.15) is 55.2 Å². The van der Waals surface area contributed by atoms with Crippen LogP contribution in [0.4, 0.5) is 0 Å². The van der Waals surface area contributed by atoms with E-state index in [4.69, 9.17) is 0 Å². The lowest BCUT2D eigenvalue weighted by Gasteiger charge is -2.26. The van der Waals surface area contributed by atoms with Crippen molar-refractivity contribution in [2.75, 3.05) is 6.54 Å². The summed E-state index contributed by atoms with van der Waals surface area (Å²) in [7, 11) is 0. The van der Waals surface area contributed by atoms with E-state index in [0.29, 0.717) is 0 Å². The summed E-state index contributed by atoms with van der Waals surface area (Å²) < 4.78 is 0. The zero-order chi connectivity index (χ0) is 13.1. The van der Waals surface area contributed by atoms with E-state index in [1.807, 2.05) is 11.3 Å². The van der Waals surface area contributed by atoms with Crippen LogP contribution in [0.15, 0.2) is 12.1 Å². The molecule has 1 N–H and O–H groups in total. The highest BCUT2D eigenvalue weighted by atomic mass is 32.1. The summed E-state index contributed by atoms with van der Waals surface area (Å²) in [6.45, 7) is 5.74. The molecule has 2 saturated carbocycles. The molecule has 1 aromatic heterocycles. The van der Waals surface area contributed by atoms with E-state index in [1.165, 1.54) is 49.9 Å². The Hall–Kier alpha value is -0.380. The maximum Gasteiger partial charge on any atom is 0.0330 e. The Bertz CT molecular complexity index is 391. The minimum atomic E-state index is 0.816. The van der Waals surface area contributed by atoms with Gasteiger partial charge < -0.3 is 5.32 Å². The first-order valence-electron chi connectivity index (χ1n) is 7.90. The Morgan fingerprint density at radius 2 is 1.89 bits per heavy atom. The quantitative estimate of drug-likeness (QED) is 0.817. The minimum Gasteiger partial charge on any atom is -0.309 e. The summed E-state index contributed by atoms with van der Waals surface area (Å²) in [6.07, 6.45) is 8.45. The van der Waals surface area contributed by atoms with Gasteiger partial charge in [0.15, 0.2) is 0 Å². The fraction of sp³-hybridized carbons (Fsp3) is 0.750. The summed E-state index contributed by atoms with van der Waals surface area (Å²) in [5.41, 5.74) is 0. The van der Waals surface area contributed by atoms with Crippen LogP contribution < -0.4 is 5.32 Å². The molecular formula is C16H26N2S. The highest BCUT2D eigenvalue weighted by Gasteiger charge is 2.22. The summed E-state index contributed by atoms with van der Waals surface area (Å²) in [6, 6.07) is 6.32. The topological polar surface area (TPSA) is 15.3 Å². The zero-order valence-corrected chi connectivity index (χ0v) is 12.8. The fourth-order valence-corrected chi connectivity index (χ4v) is 4.10. The molecule has 0 radical (unpaired) electrons. The fourth-order valence-electron chi connectivity index (χ4n) is 3.10. The van der Waals surface area contributed by atoms with Gasteiger partial charge in [0.1, 0.15) is 0 Å². The van der Waals surface area contributed by atoms with Crippen molar-refractivity contribution in [3.05, 3.63) is 21.9 Å². The van der Waals surface area contributed by atoms with Crippen LogP contribution in [-0.2, 0) is 13.1 Å². The summed E-state index contributed by atoms with van der Waals surface area (Å²) in [4.78, 5) is 5.72. The van der Waals surface area contributed by atoms with Crippen LogP contribution in [-0.4, -0.2) is 23.5 Å². The van der Waals surface area contributed by atoms with Gasteiger partial charge in [-0.25, -0.2) is 0 Å². The maximum atomic E-state index is 3.61. The molecule has 106 valence electrons. The van der Waals surface area contributed by atoms with Gasteiger partial charge in [-0.1, -0.05) is 19.8 Å². The predicted octanol–water partition coefficient (Wildman–Crippen LogP) is 3.76. The predicted molar refractivity (Wildman–Crippen MR) is 82.5 cm³/mol. The molecule has 19 heavy (non-hydrogen) atoms. The molecule has 2 aliphatic rings. The monoisotopic (exact) mass is 278 g/mol. The molecule has 2 nitrogen and oxygen atoms in total. The third-order valence-electron chi connectivity index (χ3n) is 4.47. The standard InChI is InChI=1S/C16H26N2S/c1-2-18(14-5-3-4-6-14)12-16-10-9-15(19-16)11-17-13-7-8-13/h9-10,13-14,17H,2-8,11-12H2,1H3. The number of hydrogen-bond acceptors (Lipinski definition) is 3. The average molecular weight is 278 g/mol. The molecule has 3 heteroatoms. The number of thiophene rings is 1. The number of nitrogens with one attached hydrogen (secondary N) is 1. The van der Waals surface area contributed by atoms with Crippen LogP contribution in [0.2, 0.25) is 0 Å². The van der Waals surface area contributed by atoms with Crippen molar-refractivity contribution in [2.24, 2.45) is 0 Å². The lowest BCUT2D eigenvalue weighted by atomic mass is 10.2. The molecule has 0 bridgehead atoms. The highest BCUT2D eigenvalue weighted by Crippen LogP contribution is 2.27. The Balaban J connectivity index is 1.52. The molecule has 1 heterocycles. The first-order chi connectivity index (χ1) is 9.35. The molecule has 0 atom stereocenters. The summed E-state index contributed by atoms with van der Waals surface area (Å²) >= 11 is 2.00. The Labute approximate surface area is 121 Å². The van der Waals surface area contributed by atoms with Crippen molar-refractivity contribution in [3.63, 3.8) is 0 Å². The normalized spacial score (nSPS) is 20.5. The molecule has 0 amide bonds. The SMILES string of the molecule is CCN(Cc1ccc(CNC2CC2)s1)C1CCCC1. The molecule has 0 saturated heterocycles. The largest absolute Gasteiger partial charge is 0.309 e. The zero-order valence-electron chi connectivity index (χ0n) is 12.0. The van der Waals surface area contributed by atoms with Crippen molar-refractivity contribution in [1.82, 2.24) is 10.2 Å². The first kappa shape index (κ1) is 13.6. The molecule has 0 unspecified atom stereocenters. The van der Waals surface area contributed by atoms with Crippen LogP contribution in [0.3, 0.4) is 0 Å².